The summed E-state index contributed by atoms with van der Waals surface area (Å²) in [6.07, 6.45) is 12.9. The summed E-state index contributed by atoms with van der Waals surface area (Å²) in [6.45, 7) is 0.685. The summed E-state index contributed by atoms with van der Waals surface area (Å²) < 4.78 is 19.4. The molecule has 164 valence electrons. The van der Waals surface area contributed by atoms with E-state index in [1.165, 1.54) is 44.2 Å². The largest absolute Gasteiger partial charge is 0.471 e. The van der Waals surface area contributed by atoms with Crippen molar-refractivity contribution in [2.75, 3.05) is 20.7 Å². The van der Waals surface area contributed by atoms with E-state index in [9.17, 15) is 4.39 Å². The molecule has 2 fully saturated rings. The lowest BCUT2D eigenvalue weighted by molar-refractivity contribution is 0.189. The van der Waals surface area contributed by atoms with Crippen molar-refractivity contribution in [2.45, 2.75) is 32.1 Å². The number of hydrogen-bond acceptors (Lipinski definition) is 3. The first-order chi connectivity index (χ1) is 15.0. The van der Waals surface area contributed by atoms with Crippen LogP contribution in [0.25, 0.3) is 17.2 Å². The number of benzene rings is 1. The molecule has 4 rings (SSSR count). The Kier molecular flexibility index (Phi) is 7.01. The van der Waals surface area contributed by atoms with Crippen LogP contribution in [-0.4, -0.2) is 35.8 Å². The second-order valence-corrected chi connectivity index (χ2v) is 9.44. The van der Waals surface area contributed by atoms with Crippen molar-refractivity contribution < 1.29 is 9.13 Å². The maximum atomic E-state index is 13.5. The van der Waals surface area contributed by atoms with Crippen LogP contribution in [0.15, 0.2) is 48.7 Å². The van der Waals surface area contributed by atoms with Crippen LogP contribution in [0, 0.1) is 29.5 Å². The van der Waals surface area contributed by atoms with Crippen molar-refractivity contribution in [1.29, 1.82) is 0 Å². The molecule has 0 spiro atoms. The van der Waals surface area contributed by atoms with Crippen LogP contribution >= 0.6 is 12.2 Å². The Morgan fingerprint density at radius 2 is 2.03 bits per heavy atom. The van der Waals surface area contributed by atoms with E-state index in [-0.39, 0.29) is 5.82 Å². The molecule has 0 saturated heterocycles. The van der Waals surface area contributed by atoms with Gasteiger partial charge < -0.3 is 9.64 Å². The third-order valence-electron chi connectivity index (χ3n) is 6.83. The van der Waals surface area contributed by atoms with Gasteiger partial charge in [-0.25, -0.2) is 4.39 Å². The number of aromatic nitrogens is 1. The normalized spacial score (nSPS) is 25.4. The molecule has 0 unspecified atom stereocenters. The average Bonchev–Trinajstić information content (AvgIpc) is 3.13. The molecule has 0 bridgehead atoms. The fraction of sp³-hybridized carbons (Fsp3) is 0.462. The van der Waals surface area contributed by atoms with E-state index >= 15 is 0 Å². The van der Waals surface area contributed by atoms with Crippen molar-refractivity contribution in [3.05, 3.63) is 60.2 Å². The molecule has 0 amide bonds. The Hall–Kier alpha value is -2.27. The van der Waals surface area contributed by atoms with E-state index in [0.717, 1.165) is 28.7 Å². The maximum absolute atomic E-state index is 13.5. The minimum Gasteiger partial charge on any atom is -0.471 e. The number of allylic oxidation sites excluding steroid dienone is 1. The van der Waals surface area contributed by atoms with E-state index in [0.29, 0.717) is 23.6 Å². The SMILES string of the molecule is CN(C)C(=S)OC[C@H]1C[C@H]2CCCC[C@H]2[C@@H]1/C=C/c1ccc(-c2cccc(F)c2)cn1. The van der Waals surface area contributed by atoms with E-state index < -0.39 is 0 Å². The molecule has 5 heteroatoms. The zero-order valence-corrected chi connectivity index (χ0v) is 19.2. The fourth-order valence-corrected chi connectivity index (χ4v) is 5.34. The summed E-state index contributed by atoms with van der Waals surface area (Å²) in [5, 5.41) is 0.562. The predicted octanol–water partition coefficient (Wildman–Crippen LogP) is 6.21. The minimum absolute atomic E-state index is 0.230. The van der Waals surface area contributed by atoms with Gasteiger partial charge in [0.15, 0.2) is 0 Å². The number of fused-ring (bicyclic) bond motifs is 1. The molecule has 1 aromatic heterocycles. The first-order valence-corrected chi connectivity index (χ1v) is 11.7. The number of hydrogen-bond donors (Lipinski definition) is 0. The maximum Gasteiger partial charge on any atom is 0.258 e. The highest BCUT2D eigenvalue weighted by Gasteiger charge is 2.42. The van der Waals surface area contributed by atoms with Gasteiger partial charge in [0.25, 0.3) is 5.17 Å². The summed E-state index contributed by atoms with van der Waals surface area (Å²) in [5.41, 5.74) is 2.70. The quantitative estimate of drug-likeness (QED) is 0.519. The Balaban J connectivity index is 1.47. The first-order valence-electron chi connectivity index (χ1n) is 11.3. The molecule has 1 heterocycles. The average molecular weight is 439 g/mol. The number of thiocarbonyl (C=S) groups is 1. The Labute approximate surface area is 190 Å². The zero-order chi connectivity index (χ0) is 21.8. The third kappa shape index (κ3) is 5.32. The molecule has 2 aromatic rings. The topological polar surface area (TPSA) is 25.4 Å². The molecule has 2 saturated carbocycles. The van der Waals surface area contributed by atoms with Gasteiger partial charge in [-0.1, -0.05) is 43.5 Å². The number of pyridine rings is 1. The second-order valence-electron chi connectivity index (χ2n) is 9.09. The number of halogens is 1. The Bertz CT molecular complexity index is 927. The molecule has 0 radical (unpaired) electrons. The number of nitrogens with zero attached hydrogens (tertiary/aromatic N) is 2. The molecule has 2 aliphatic carbocycles. The van der Waals surface area contributed by atoms with Crippen LogP contribution in [0.3, 0.4) is 0 Å². The van der Waals surface area contributed by atoms with Crippen LogP contribution in [-0.2, 0) is 4.74 Å². The van der Waals surface area contributed by atoms with Crippen LogP contribution in [0.1, 0.15) is 37.8 Å². The van der Waals surface area contributed by atoms with Crippen LogP contribution in [0.4, 0.5) is 4.39 Å². The highest BCUT2D eigenvalue weighted by Crippen LogP contribution is 2.49. The van der Waals surface area contributed by atoms with Gasteiger partial charge in [-0.15, -0.1) is 0 Å². The predicted molar refractivity (Wildman–Crippen MR) is 128 cm³/mol. The van der Waals surface area contributed by atoms with Crippen molar-refractivity contribution in [3.8, 4) is 11.1 Å². The summed E-state index contributed by atoms with van der Waals surface area (Å²) in [6, 6.07) is 10.6. The van der Waals surface area contributed by atoms with Gasteiger partial charge in [0.05, 0.1) is 12.3 Å². The molecular formula is C26H31FN2OS. The fourth-order valence-electron chi connectivity index (χ4n) is 5.27. The minimum atomic E-state index is -0.230. The van der Waals surface area contributed by atoms with E-state index in [4.69, 9.17) is 17.0 Å². The molecule has 4 atom stereocenters. The molecule has 1 aromatic carbocycles. The number of ether oxygens (including phenoxy) is 1. The van der Waals surface area contributed by atoms with Crippen LogP contribution in [0.2, 0.25) is 0 Å². The van der Waals surface area contributed by atoms with E-state index in [1.54, 1.807) is 6.07 Å². The Morgan fingerprint density at radius 3 is 2.77 bits per heavy atom. The van der Waals surface area contributed by atoms with Gasteiger partial charge in [0, 0.05) is 25.9 Å². The number of rotatable bonds is 5. The summed E-state index contributed by atoms with van der Waals surface area (Å²) in [4.78, 5) is 6.46. The van der Waals surface area contributed by atoms with Crippen LogP contribution in [0.5, 0.6) is 0 Å². The lowest BCUT2D eigenvalue weighted by Gasteiger charge is -2.28. The summed E-state index contributed by atoms with van der Waals surface area (Å²) in [7, 11) is 3.85. The van der Waals surface area contributed by atoms with Gasteiger partial charge in [-0.2, -0.15) is 0 Å². The highest BCUT2D eigenvalue weighted by molar-refractivity contribution is 7.80. The lowest BCUT2D eigenvalue weighted by atomic mass is 9.77. The molecule has 0 aliphatic heterocycles. The van der Waals surface area contributed by atoms with E-state index in [1.807, 2.05) is 43.4 Å². The smallest absolute Gasteiger partial charge is 0.258 e. The van der Waals surface area contributed by atoms with Crippen LogP contribution < -0.4 is 0 Å². The van der Waals surface area contributed by atoms with Gasteiger partial charge in [0.1, 0.15) is 5.82 Å². The molecule has 31 heavy (non-hydrogen) atoms. The molecule has 0 N–H and O–H groups in total. The standard InChI is InChI=1S/C26H31FN2OS/c1-29(2)26(31)30-17-21-14-19-6-3-4-9-24(19)25(21)13-12-23-11-10-20(16-28-23)18-7-5-8-22(27)15-18/h5,7-8,10-13,15-16,19,21,24-25H,3-4,6,9,14,17H2,1-2H3/b13-12+/t19-,21-,24-,25-/m1/s1. The first kappa shape index (κ1) is 21.9. The molecule has 3 nitrogen and oxygen atoms in total. The zero-order valence-electron chi connectivity index (χ0n) is 18.3. The van der Waals surface area contributed by atoms with Gasteiger partial charge in [-0.05, 0) is 78.6 Å². The van der Waals surface area contributed by atoms with Crippen molar-refractivity contribution >= 4 is 23.5 Å². The van der Waals surface area contributed by atoms with Crippen molar-refractivity contribution in [3.63, 3.8) is 0 Å². The second kappa shape index (κ2) is 9.90. The Morgan fingerprint density at radius 1 is 1.19 bits per heavy atom. The summed E-state index contributed by atoms with van der Waals surface area (Å²) >= 11 is 5.33. The lowest BCUT2D eigenvalue weighted by Crippen LogP contribution is -2.26. The monoisotopic (exact) mass is 438 g/mol. The third-order valence-corrected chi connectivity index (χ3v) is 7.31. The molecule has 2 aliphatic rings. The molecular weight excluding hydrogens is 407 g/mol. The van der Waals surface area contributed by atoms with Crippen molar-refractivity contribution in [2.24, 2.45) is 23.7 Å². The van der Waals surface area contributed by atoms with Crippen molar-refractivity contribution in [1.82, 2.24) is 9.88 Å². The van der Waals surface area contributed by atoms with Gasteiger partial charge >= 0.3 is 0 Å². The van der Waals surface area contributed by atoms with Gasteiger partial charge in [0.2, 0.25) is 0 Å². The van der Waals surface area contributed by atoms with Gasteiger partial charge in [-0.3, -0.25) is 4.98 Å². The highest BCUT2D eigenvalue weighted by atomic mass is 32.1. The summed E-state index contributed by atoms with van der Waals surface area (Å²) in [5.74, 6) is 2.30. The van der Waals surface area contributed by atoms with E-state index in [2.05, 4.69) is 17.1 Å².